The Morgan fingerprint density at radius 2 is 0.588 bits per heavy atom. The molecular formula is C6H20O10Y. The van der Waals surface area contributed by atoms with Gasteiger partial charge in [0.05, 0.1) is 0 Å². The Bertz CT molecular complexity index is 118. The summed E-state index contributed by atoms with van der Waals surface area (Å²) in [6.07, 6.45) is 0. The first-order chi connectivity index (χ1) is 5.20. The minimum absolute atomic E-state index is 0. The minimum atomic E-state index is -0.833. The molecule has 0 bridgehead atoms. The molecule has 10 nitrogen and oxygen atoms in total. The van der Waals surface area contributed by atoms with E-state index >= 15 is 0 Å². The third-order valence-corrected chi connectivity index (χ3v) is 0. The van der Waals surface area contributed by atoms with Crippen LogP contribution in [0.2, 0.25) is 0 Å². The molecule has 0 heterocycles. The predicted octanol–water partition coefficient (Wildman–Crippen LogP) is -3.03. The Labute approximate surface area is 123 Å². The van der Waals surface area contributed by atoms with E-state index in [1.807, 2.05) is 0 Å². The number of rotatable bonds is 0. The van der Waals surface area contributed by atoms with Crippen molar-refractivity contribution < 1.29 is 84.3 Å². The second-order valence-corrected chi connectivity index (χ2v) is 1.56. The smallest absolute Gasteiger partial charge is 0.300 e. The summed E-state index contributed by atoms with van der Waals surface area (Å²) in [5.74, 6) is -2.50. The van der Waals surface area contributed by atoms with Crippen molar-refractivity contribution in [2.45, 2.75) is 20.8 Å². The number of aliphatic carboxylic acids is 3. The van der Waals surface area contributed by atoms with Gasteiger partial charge in [0.2, 0.25) is 0 Å². The van der Waals surface area contributed by atoms with Gasteiger partial charge in [-0.15, -0.1) is 0 Å². The average molecular weight is 341 g/mol. The van der Waals surface area contributed by atoms with Gasteiger partial charge in [0, 0.05) is 53.5 Å². The molecule has 11 heteroatoms. The van der Waals surface area contributed by atoms with Gasteiger partial charge in [0.1, 0.15) is 0 Å². The van der Waals surface area contributed by atoms with Crippen molar-refractivity contribution in [1.82, 2.24) is 0 Å². The topological polar surface area (TPSA) is 238 Å². The molecule has 0 aromatic carbocycles. The summed E-state index contributed by atoms with van der Waals surface area (Å²) in [7, 11) is 0. The van der Waals surface area contributed by atoms with Gasteiger partial charge in [-0.25, -0.2) is 0 Å². The summed E-state index contributed by atoms with van der Waals surface area (Å²) < 4.78 is 0. The van der Waals surface area contributed by atoms with Crippen LogP contribution in [0.1, 0.15) is 20.8 Å². The fraction of sp³-hybridized carbons (Fsp3) is 0.500. The van der Waals surface area contributed by atoms with Crippen molar-refractivity contribution in [2.75, 3.05) is 0 Å². The first-order valence-corrected chi connectivity index (χ1v) is 2.78. The van der Waals surface area contributed by atoms with Gasteiger partial charge in [-0.2, -0.15) is 0 Å². The predicted molar refractivity (Wildman–Crippen MR) is 54.4 cm³/mol. The molecule has 0 aromatic heterocycles. The van der Waals surface area contributed by atoms with E-state index < -0.39 is 17.9 Å². The van der Waals surface area contributed by atoms with Gasteiger partial charge in [-0.1, -0.05) is 0 Å². The number of carboxylic acid groups (broad SMARTS) is 3. The molecule has 0 aliphatic carbocycles. The third kappa shape index (κ3) is 6560. The van der Waals surface area contributed by atoms with Crippen molar-refractivity contribution in [2.24, 2.45) is 0 Å². The van der Waals surface area contributed by atoms with Gasteiger partial charge in [-0.3, -0.25) is 14.4 Å². The van der Waals surface area contributed by atoms with Crippen molar-refractivity contribution >= 4 is 17.9 Å². The van der Waals surface area contributed by atoms with Crippen LogP contribution >= 0.6 is 0 Å². The van der Waals surface area contributed by atoms with Crippen molar-refractivity contribution in [1.29, 1.82) is 0 Å². The molecule has 17 heavy (non-hydrogen) atoms. The SMILES string of the molecule is CC(=O)O.CC(=O)O.CC(=O)O.O.O.O.O.[Y]. The van der Waals surface area contributed by atoms with Gasteiger partial charge < -0.3 is 37.2 Å². The van der Waals surface area contributed by atoms with Crippen LogP contribution < -0.4 is 0 Å². The van der Waals surface area contributed by atoms with Crippen LogP contribution in [0.15, 0.2) is 0 Å². The summed E-state index contributed by atoms with van der Waals surface area (Å²) >= 11 is 0. The summed E-state index contributed by atoms with van der Waals surface area (Å²) in [6, 6.07) is 0. The van der Waals surface area contributed by atoms with E-state index in [1.165, 1.54) is 0 Å². The summed E-state index contributed by atoms with van der Waals surface area (Å²) in [6.45, 7) is 3.25. The van der Waals surface area contributed by atoms with Crippen LogP contribution in [0, 0.1) is 0 Å². The minimum Gasteiger partial charge on any atom is -0.481 e. The van der Waals surface area contributed by atoms with E-state index in [0.29, 0.717) is 0 Å². The largest absolute Gasteiger partial charge is 0.481 e. The molecule has 0 aliphatic rings. The van der Waals surface area contributed by atoms with Gasteiger partial charge in [0.25, 0.3) is 17.9 Å². The van der Waals surface area contributed by atoms with Crippen LogP contribution in [-0.4, -0.2) is 55.1 Å². The zero-order valence-electron chi connectivity index (χ0n) is 9.64. The Hall–Kier alpha value is -0.646. The Morgan fingerprint density at radius 1 is 0.588 bits per heavy atom. The first-order valence-electron chi connectivity index (χ1n) is 2.78. The van der Waals surface area contributed by atoms with Crippen LogP contribution in [0.25, 0.3) is 0 Å². The molecule has 0 saturated carbocycles. The maximum Gasteiger partial charge on any atom is 0.300 e. The molecule has 0 spiro atoms. The van der Waals surface area contributed by atoms with E-state index in [2.05, 4.69) is 0 Å². The van der Waals surface area contributed by atoms with Gasteiger partial charge >= 0.3 is 0 Å². The first kappa shape index (κ1) is 55.2. The molecular weight excluding hydrogens is 321 g/mol. The number of hydrogen-bond donors (Lipinski definition) is 3. The third-order valence-electron chi connectivity index (χ3n) is 0. The molecule has 0 atom stereocenters. The van der Waals surface area contributed by atoms with Crippen molar-refractivity contribution in [3.63, 3.8) is 0 Å². The van der Waals surface area contributed by atoms with E-state index in [-0.39, 0.29) is 54.6 Å². The fourth-order valence-corrected chi connectivity index (χ4v) is 0. The molecule has 0 unspecified atom stereocenters. The van der Waals surface area contributed by atoms with E-state index in [4.69, 9.17) is 29.7 Å². The Morgan fingerprint density at radius 3 is 0.588 bits per heavy atom. The molecule has 1 radical (unpaired) electrons. The van der Waals surface area contributed by atoms with Crippen molar-refractivity contribution in [3.8, 4) is 0 Å². The monoisotopic (exact) mass is 341 g/mol. The van der Waals surface area contributed by atoms with Crippen molar-refractivity contribution in [3.05, 3.63) is 0 Å². The second-order valence-electron chi connectivity index (χ2n) is 1.56. The van der Waals surface area contributed by atoms with Crippen LogP contribution in [0.3, 0.4) is 0 Å². The van der Waals surface area contributed by atoms with E-state index in [9.17, 15) is 0 Å². The summed E-state index contributed by atoms with van der Waals surface area (Å²) in [5, 5.41) is 22.2. The number of carbonyl (C=O) groups is 3. The molecule has 0 aromatic rings. The summed E-state index contributed by atoms with van der Waals surface area (Å²) in [4.78, 5) is 27.0. The quantitative estimate of drug-likeness (QED) is 0.413. The zero-order valence-corrected chi connectivity index (χ0v) is 12.5. The molecule has 0 fully saturated rings. The van der Waals surface area contributed by atoms with Crippen LogP contribution in [0.5, 0.6) is 0 Å². The molecule has 0 saturated heterocycles. The van der Waals surface area contributed by atoms with Crippen LogP contribution in [-0.2, 0) is 47.1 Å². The molecule has 0 amide bonds. The maximum absolute atomic E-state index is 9.00. The zero-order chi connectivity index (χ0) is 10.7. The summed E-state index contributed by atoms with van der Waals surface area (Å²) in [5.41, 5.74) is 0. The van der Waals surface area contributed by atoms with E-state index in [1.54, 1.807) is 0 Å². The molecule has 107 valence electrons. The molecule has 11 N–H and O–H groups in total. The number of hydrogen-bond acceptors (Lipinski definition) is 3. The average Bonchev–Trinajstić information content (AvgIpc) is 1.54. The fourth-order valence-electron chi connectivity index (χ4n) is 0. The molecule has 0 aliphatic heterocycles. The van der Waals surface area contributed by atoms with Gasteiger partial charge in [-0.05, 0) is 0 Å². The Kier molecular flexibility index (Phi) is 147. The Balaban J connectivity index is -0.0000000104. The second kappa shape index (κ2) is 45.3. The standard InChI is InChI=1S/3C2H4O2.4H2O.Y/c3*1-2(3)4;;;;;/h3*1H3,(H,3,4);4*1H2;. The molecule has 0 rings (SSSR count). The van der Waals surface area contributed by atoms with Crippen LogP contribution in [0.4, 0.5) is 0 Å². The normalized spacial score (nSPS) is 4.41. The van der Waals surface area contributed by atoms with Gasteiger partial charge in [0.15, 0.2) is 0 Å². The number of carboxylic acids is 3. The maximum atomic E-state index is 9.00. The van der Waals surface area contributed by atoms with E-state index in [0.717, 1.165) is 20.8 Å².